The van der Waals surface area contributed by atoms with Gasteiger partial charge in [0.15, 0.2) is 6.10 Å². The van der Waals surface area contributed by atoms with Gasteiger partial charge in [0.05, 0.1) is 10.5 Å². The minimum absolute atomic E-state index is 0.0210. The Morgan fingerprint density at radius 2 is 1.58 bits per heavy atom. The highest BCUT2D eigenvalue weighted by Crippen LogP contribution is 2.19. The first kappa shape index (κ1) is 22.8. The minimum atomic E-state index is -3.79. The van der Waals surface area contributed by atoms with Gasteiger partial charge in [0.25, 0.3) is 15.9 Å². The highest BCUT2D eigenvalue weighted by atomic mass is 32.2. The summed E-state index contributed by atoms with van der Waals surface area (Å²) in [6, 6.07) is 12.5. The number of esters is 1. The van der Waals surface area contributed by atoms with E-state index in [1.165, 1.54) is 37.6 Å². The Balaban J connectivity index is 1.58. The van der Waals surface area contributed by atoms with Crippen molar-refractivity contribution in [3.63, 3.8) is 0 Å². The van der Waals surface area contributed by atoms with E-state index in [1.807, 2.05) is 19.1 Å². The third-order valence-corrected chi connectivity index (χ3v) is 6.71. The third kappa shape index (κ3) is 6.30. The van der Waals surface area contributed by atoms with Gasteiger partial charge in [0, 0.05) is 11.7 Å². The molecule has 0 bridgehead atoms. The maximum atomic E-state index is 12.5. The number of sulfonamides is 1. The fraction of sp³-hybridized carbons (Fsp3) is 0.391. The Labute approximate surface area is 183 Å². The zero-order valence-electron chi connectivity index (χ0n) is 17.8. The molecular weight excluding hydrogens is 416 g/mol. The van der Waals surface area contributed by atoms with E-state index in [2.05, 4.69) is 10.0 Å². The van der Waals surface area contributed by atoms with Crippen LogP contribution in [-0.2, 0) is 19.6 Å². The van der Waals surface area contributed by atoms with Crippen LogP contribution in [-0.4, -0.2) is 32.4 Å². The maximum Gasteiger partial charge on any atom is 0.338 e. The first-order chi connectivity index (χ1) is 14.7. The predicted octanol–water partition coefficient (Wildman–Crippen LogP) is 3.79. The van der Waals surface area contributed by atoms with Crippen LogP contribution in [0.25, 0.3) is 0 Å². The number of hydrogen-bond acceptors (Lipinski definition) is 5. The molecule has 2 aromatic rings. The summed E-state index contributed by atoms with van der Waals surface area (Å²) in [5.74, 6) is -0.997. The molecule has 0 saturated heterocycles. The maximum absolute atomic E-state index is 12.5. The standard InChI is InChI=1S/C23H28N2O5S/c1-16-8-12-20(13-9-16)25-31(28,29)21-14-10-18(11-15-21)23(27)30-17(2)22(26)24-19-6-4-3-5-7-19/h8-15,17,19,25H,3-7H2,1-2H3,(H,24,26). The van der Waals surface area contributed by atoms with Crippen LogP contribution >= 0.6 is 0 Å². The Hall–Kier alpha value is -2.87. The summed E-state index contributed by atoms with van der Waals surface area (Å²) in [5.41, 5.74) is 1.64. The number of anilines is 1. The summed E-state index contributed by atoms with van der Waals surface area (Å²) in [4.78, 5) is 24.7. The van der Waals surface area contributed by atoms with Crippen molar-refractivity contribution in [3.05, 3.63) is 59.7 Å². The van der Waals surface area contributed by atoms with Crippen LogP contribution in [0.3, 0.4) is 0 Å². The monoisotopic (exact) mass is 444 g/mol. The average molecular weight is 445 g/mol. The van der Waals surface area contributed by atoms with Gasteiger partial charge in [-0.2, -0.15) is 0 Å². The van der Waals surface area contributed by atoms with E-state index in [0.717, 1.165) is 31.2 Å². The highest BCUT2D eigenvalue weighted by Gasteiger charge is 2.23. The van der Waals surface area contributed by atoms with Crippen LogP contribution < -0.4 is 10.0 Å². The molecule has 166 valence electrons. The molecule has 0 spiro atoms. The lowest BCUT2D eigenvalue weighted by atomic mass is 9.95. The zero-order valence-corrected chi connectivity index (χ0v) is 18.6. The second kappa shape index (κ2) is 9.96. The quantitative estimate of drug-likeness (QED) is 0.633. The molecule has 2 N–H and O–H groups in total. The fourth-order valence-electron chi connectivity index (χ4n) is 3.45. The molecule has 0 heterocycles. The van der Waals surface area contributed by atoms with E-state index in [1.54, 1.807) is 12.1 Å². The molecule has 1 fully saturated rings. The number of amides is 1. The molecule has 7 nitrogen and oxygen atoms in total. The molecule has 0 radical (unpaired) electrons. The molecule has 31 heavy (non-hydrogen) atoms. The topological polar surface area (TPSA) is 102 Å². The lowest BCUT2D eigenvalue weighted by Gasteiger charge is -2.24. The molecule has 1 aliphatic carbocycles. The van der Waals surface area contributed by atoms with Gasteiger partial charge in [-0.25, -0.2) is 13.2 Å². The third-order valence-electron chi connectivity index (χ3n) is 5.31. The molecule has 8 heteroatoms. The lowest BCUT2D eigenvalue weighted by Crippen LogP contribution is -2.42. The summed E-state index contributed by atoms with van der Waals surface area (Å²) in [5, 5.41) is 2.93. The van der Waals surface area contributed by atoms with Gasteiger partial charge < -0.3 is 10.1 Å². The number of carbonyl (C=O) groups excluding carboxylic acids is 2. The van der Waals surface area contributed by atoms with Crippen molar-refractivity contribution in [2.75, 3.05) is 4.72 Å². The zero-order chi connectivity index (χ0) is 22.4. The van der Waals surface area contributed by atoms with Crippen molar-refractivity contribution in [2.45, 2.75) is 63.0 Å². The normalized spacial score (nSPS) is 15.7. The molecule has 1 amide bonds. The second-order valence-corrected chi connectivity index (χ2v) is 9.57. The van der Waals surface area contributed by atoms with Crippen molar-refractivity contribution < 1.29 is 22.7 Å². The Morgan fingerprint density at radius 3 is 2.19 bits per heavy atom. The highest BCUT2D eigenvalue weighted by molar-refractivity contribution is 7.92. The molecule has 1 saturated carbocycles. The Bertz CT molecular complexity index is 1010. The van der Waals surface area contributed by atoms with E-state index < -0.39 is 22.1 Å². The van der Waals surface area contributed by atoms with E-state index in [-0.39, 0.29) is 22.4 Å². The Morgan fingerprint density at radius 1 is 0.968 bits per heavy atom. The number of rotatable bonds is 7. The number of benzene rings is 2. The van der Waals surface area contributed by atoms with E-state index >= 15 is 0 Å². The average Bonchev–Trinajstić information content (AvgIpc) is 2.76. The van der Waals surface area contributed by atoms with Crippen molar-refractivity contribution >= 4 is 27.6 Å². The number of carbonyl (C=O) groups is 2. The van der Waals surface area contributed by atoms with Crippen molar-refractivity contribution in [2.24, 2.45) is 0 Å². The minimum Gasteiger partial charge on any atom is -0.449 e. The summed E-state index contributed by atoms with van der Waals surface area (Å²) in [7, 11) is -3.79. The smallest absolute Gasteiger partial charge is 0.338 e. The van der Waals surface area contributed by atoms with Gasteiger partial charge in [-0.05, 0) is 63.1 Å². The number of aryl methyl sites for hydroxylation is 1. The largest absolute Gasteiger partial charge is 0.449 e. The van der Waals surface area contributed by atoms with Gasteiger partial charge >= 0.3 is 5.97 Å². The predicted molar refractivity (Wildman–Crippen MR) is 118 cm³/mol. The number of ether oxygens (including phenoxy) is 1. The Kier molecular flexibility index (Phi) is 7.33. The van der Waals surface area contributed by atoms with E-state index in [0.29, 0.717) is 5.69 Å². The van der Waals surface area contributed by atoms with Gasteiger partial charge in [-0.3, -0.25) is 9.52 Å². The molecule has 2 aromatic carbocycles. The molecular formula is C23H28N2O5S. The van der Waals surface area contributed by atoms with Gasteiger partial charge in [0.1, 0.15) is 0 Å². The van der Waals surface area contributed by atoms with Crippen molar-refractivity contribution in [3.8, 4) is 0 Å². The van der Waals surface area contributed by atoms with Crippen LogP contribution in [0.4, 0.5) is 5.69 Å². The van der Waals surface area contributed by atoms with Gasteiger partial charge in [-0.1, -0.05) is 37.0 Å². The fourth-order valence-corrected chi connectivity index (χ4v) is 4.51. The number of nitrogens with one attached hydrogen (secondary N) is 2. The van der Waals surface area contributed by atoms with Crippen molar-refractivity contribution in [1.29, 1.82) is 0 Å². The summed E-state index contributed by atoms with van der Waals surface area (Å²) < 4.78 is 32.8. The first-order valence-corrected chi connectivity index (χ1v) is 11.9. The SMILES string of the molecule is Cc1ccc(NS(=O)(=O)c2ccc(C(=O)OC(C)C(=O)NC3CCCCC3)cc2)cc1. The number of hydrogen-bond donors (Lipinski definition) is 2. The molecule has 1 atom stereocenters. The van der Waals surface area contributed by atoms with Crippen LogP contribution in [0, 0.1) is 6.92 Å². The second-order valence-electron chi connectivity index (χ2n) is 7.89. The first-order valence-electron chi connectivity index (χ1n) is 10.5. The summed E-state index contributed by atoms with van der Waals surface area (Å²) in [6.07, 6.45) is 4.32. The van der Waals surface area contributed by atoms with Gasteiger partial charge in [-0.15, -0.1) is 0 Å². The molecule has 3 rings (SSSR count). The van der Waals surface area contributed by atoms with Crippen LogP contribution in [0.5, 0.6) is 0 Å². The molecule has 1 unspecified atom stereocenters. The summed E-state index contributed by atoms with van der Waals surface area (Å²) in [6.45, 7) is 3.44. The van der Waals surface area contributed by atoms with Crippen molar-refractivity contribution in [1.82, 2.24) is 5.32 Å². The molecule has 0 aromatic heterocycles. The lowest BCUT2D eigenvalue weighted by molar-refractivity contribution is -0.130. The van der Waals surface area contributed by atoms with E-state index in [9.17, 15) is 18.0 Å². The van der Waals surface area contributed by atoms with E-state index in [4.69, 9.17) is 4.74 Å². The summed E-state index contributed by atoms with van der Waals surface area (Å²) >= 11 is 0. The van der Waals surface area contributed by atoms with Gasteiger partial charge in [0.2, 0.25) is 0 Å². The van der Waals surface area contributed by atoms with Crippen LogP contribution in [0.1, 0.15) is 54.9 Å². The van der Waals surface area contributed by atoms with Crippen LogP contribution in [0.2, 0.25) is 0 Å². The molecule has 0 aliphatic heterocycles. The van der Waals surface area contributed by atoms with Crippen LogP contribution in [0.15, 0.2) is 53.4 Å². The molecule has 1 aliphatic rings.